The van der Waals surface area contributed by atoms with Crippen LogP contribution in [-0.2, 0) is 11.2 Å². The molecule has 1 aromatic rings. The third-order valence-corrected chi connectivity index (χ3v) is 4.64. The van der Waals surface area contributed by atoms with E-state index in [1.54, 1.807) is 20.4 Å². The molecule has 0 bridgehead atoms. The van der Waals surface area contributed by atoms with Gasteiger partial charge in [-0.2, -0.15) is 5.26 Å². The van der Waals surface area contributed by atoms with Gasteiger partial charge in [0.2, 0.25) is 0 Å². The molecule has 26 heavy (non-hydrogen) atoms. The molecule has 0 aliphatic carbocycles. The van der Waals surface area contributed by atoms with Crippen LogP contribution in [0.15, 0.2) is 30.0 Å². The quantitative estimate of drug-likeness (QED) is 0.599. The summed E-state index contributed by atoms with van der Waals surface area (Å²) in [5.74, 6) is 1.71. The van der Waals surface area contributed by atoms with Gasteiger partial charge < -0.3 is 19.7 Å². The molecule has 1 aliphatic rings. The van der Waals surface area contributed by atoms with Gasteiger partial charge in [0.25, 0.3) is 5.91 Å². The molecule has 1 aliphatic heterocycles. The zero-order chi connectivity index (χ0) is 18.9. The lowest BCUT2D eigenvalue weighted by Gasteiger charge is -2.29. The zero-order valence-corrected chi connectivity index (χ0v) is 15.7. The SMILES string of the molecule is COc1ccc(CCNC(=O)/C(C#N)=C\N2CCC(C)CC2)cc1OC. The molecule has 1 heterocycles. The summed E-state index contributed by atoms with van der Waals surface area (Å²) in [5.41, 5.74) is 1.18. The predicted molar refractivity (Wildman–Crippen MR) is 99.9 cm³/mol. The Bertz CT molecular complexity index is 686. The normalized spacial score (nSPS) is 15.3. The molecule has 0 unspecified atom stereocenters. The van der Waals surface area contributed by atoms with Crippen molar-refractivity contribution in [1.29, 1.82) is 5.26 Å². The standard InChI is InChI=1S/C20H27N3O3/c1-15-7-10-23(11-8-15)14-17(13-21)20(24)22-9-6-16-4-5-18(25-2)19(12-16)26-3/h4-5,12,14-15H,6-11H2,1-3H3,(H,22,24)/b17-14-. The minimum atomic E-state index is -0.327. The molecule has 0 atom stereocenters. The molecular weight excluding hydrogens is 330 g/mol. The number of nitrogens with one attached hydrogen (secondary N) is 1. The van der Waals surface area contributed by atoms with E-state index in [-0.39, 0.29) is 11.5 Å². The van der Waals surface area contributed by atoms with Gasteiger partial charge in [-0.3, -0.25) is 4.79 Å². The smallest absolute Gasteiger partial charge is 0.263 e. The van der Waals surface area contributed by atoms with E-state index in [0.29, 0.717) is 30.4 Å². The number of carbonyl (C=O) groups is 1. The molecule has 6 heteroatoms. The number of amides is 1. The van der Waals surface area contributed by atoms with Crippen molar-refractivity contribution in [1.82, 2.24) is 10.2 Å². The van der Waals surface area contributed by atoms with Crippen LogP contribution in [0.25, 0.3) is 0 Å². The number of ether oxygens (including phenoxy) is 2. The average molecular weight is 357 g/mol. The molecule has 0 aromatic heterocycles. The first-order valence-electron chi connectivity index (χ1n) is 8.92. The first-order valence-corrected chi connectivity index (χ1v) is 8.92. The second-order valence-electron chi connectivity index (χ2n) is 6.57. The monoisotopic (exact) mass is 357 g/mol. The van der Waals surface area contributed by atoms with Crippen molar-refractivity contribution in [2.45, 2.75) is 26.2 Å². The first kappa shape index (κ1) is 19.6. The number of nitriles is 1. The number of hydrogen-bond donors (Lipinski definition) is 1. The molecule has 0 radical (unpaired) electrons. The van der Waals surface area contributed by atoms with Crippen LogP contribution < -0.4 is 14.8 Å². The van der Waals surface area contributed by atoms with Crippen LogP contribution in [0, 0.1) is 17.2 Å². The fourth-order valence-electron chi connectivity index (χ4n) is 2.93. The largest absolute Gasteiger partial charge is 0.493 e. The number of benzene rings is 1. The minimum absolute atomic E-state index is 0.159. The molecule has 0 spiro atoms. The Hall–Kier alpha value is -2.68. The summed E-state index contributed by atoms with van der Waals surface area (Å²) in [6.45, 7) is 4.47. The van der Waals surface area contributed by atoms with Crippen LogP contribution in [0.5, 0.6) is 11.5 Å². The van der Waals surface area contributed by atoms with Crippen molar-refractivity contribution in [2.24, 2.45) is 5.92 Å². The summed E-state index contributed by atoms with van der Waals surface area (Å²) in [4.78, 5) is 14.3. The summed E-state index contributed by atoms with van der Waals surface area (Å²) < 4.78 is 10.5. The highest BCUT2D eigenvalue weighted by Crippen LogP contribution is 2.27. The number of piperidine rings is 1. The minimum Gasteiger partial charge on any atom is -0.493 e. The number of likely N-dealkylation sites (tertiary alicyclic amines) is 1. The van der Waals surface area contributed by atoms with E-state index in [2.05, 4.69) is 17.1 Å². The third-order valence-electron chi connectivity index (χ3n) is 4.64. The Labute approximate surface area is 155 Å². The lowest BCUT2D eigenvalue weighted by atomic mass is 9.99. The van der Waals surface area contributed by atoms with Crippen molar-refractivity contribution >= 4 is 5.91 Å². The molecule has 1 amide bonds. The summed E-state index contributed by atoms with van der Waals surface area (Å²) in [6.07, 6.45) is 4.52. The highest BCUT2D eigenvalue weighted by molar-refractivity contribution is 5.97. The van der Waals surface area contributed by atoms with Crippen LogP contribution in [0.4, 0.5) is 0 Å². The molecule has 6 nitrogen and oxygen atoms in total. The van der Waals surface area contributed by atoms with Crippen molar-refractivity contribution in [2.75, 3.05) is 33.9 Å². The highest BCUT2D eigenvalue weighted by atomic mass is 16.5. The van der Waals surface area contributed by atoms with Crippen LogP contribution in [0.1, 0.15) is 25.3 Å². The summed E-state index contributed by atoms with van der Waals surface area (Å²) in [7, 11) is 3.19. The number of carbonyl (C=O) groups excluding carboxylic acids is 1. The molecule has 0 saturated carbocycles. The van der Waals surface area contributed by atoms with Crippen LogP contribution in [0.2, 0.25) is 0 Å². The van der Waals surface area contributed by atoms with E-state index >= 15 is 0 Å². The van der Waals surface area contributed by atoms with Gasteiger partial charge in [0.1, 0.15) is 11.6 Å². The number of nitrogens with zero attached hydrogens (tertiary/aromatic N) is 2. The third kappa shape index (κ3) is 5.41. The van der Waals surface area contributed by atoms with Crippen molar-refractivity contribution in [3.63, 3.8) is 0 Å². The van der Waals surface area contributed by atoms with Crippen molar-refractivity contribution < 1.29 is 14.3 Å². The second-order valence-corrected chi connectivity index (χ2v) is 6.57. The van der Waals surface area contributed by atoms with Gasteiger partial charge in [-0.25, -0.2) is 0 Å². The van der Waals surface area contributed by atoms with E-state index in [9.17, 15) is 10.1 Å². The average Bonchev–Trinajstić information content (AvgIpc) is 2.67. The summed E-state index contributed by atoms with van der Waals surface area (Å²) >= 11 is 0. The van der Waals surface area contributed by atoms with Crippen molar-refractivity contribution in [3.8, 4) is 17.6 Å². The lowest BCUT2D eigenvalue weighted by Crippen LogP contribution is -2.31. The summed E-state index contributed by atoms with van der Waals surface area (Å²) in [5, 5.41) is 12.1. The Morgan fingerprint density at radius 1 is 1.31 bits per heavy atom. The van der Waals surface area contributed by atoms with Gasteiger partial charge in [0, 0.05) is 25.8 Å². The fraction of sp³-hybridized carbons (Fsp3) is 0.500. The maximum atomic E-state index is 12.3. The Kier molecular flexibility index (Phi) is 7.34. The Balaban J connectivity index is 1.88. The van der Waals surface area contributed by atoms with Crippen molar-refractivity contribution in [3.05, 3.63) is 35.5 Å². The first-order chi connectivity index (χ1) is 12.6. The molecular formula is C20H27N3O3. The van der Waals surface area contributed by atoms with E-state index in [0.717, 1.165) is 31.5 Å². The van der Waals surface area contributed by atoms with Crippen LogP contribution in [-0.4, -0.2) is 44.7 Å². The number of methoxy groups -OCH3 is 2. The Morgan fingerprint density at radius 2 is 2.00 bits per heavy atom. The number of rotatable bonds is 7. The number of hydrogen-bond acceptors (Lipinski definition) is 5. The molecule has 1 aromatic carbocycles. The molecule has 1 N–H and O–H groups in total. The topological polar surface area (TPSA) is 74.6 Å². The predicted octanol–water partition coefficient (Wildman–Crippen LogP) is 2.50. The van der Waals surface area contributed by atoms with E-state index in [4.69, 9.17) is 9.47 Å². The van der Waals surface area contributed by atoms with Gasteiger partial charge in [0.15, 0.2) is 11.5 Å². The second kappa shape index (κ2) is 9.71. The van der Waals surface area contributed by atoms with Gasteiger partial charge in [-0.15, -0.1) is 0 Å². The zero-order valence-electron chi connectivity index (χ0n) is 15.7. The molecule has 1 fully saturated rings. The van der Waals surface area contributed by atoms with Crippen LogP contribution >= 0.6 is 0 Å². The molecule has 1 saturated heterocycles. The van der Waals surface area contributed by atoms with E-state index in [1.807, 2.05) is 24.3 Å². The van der Waals surface area contributed by atoms with Gasteiger partial charge in [-0.05, 0) is 42.9 Å². The van der Waals surface area contributed by atoms with E-state index in [1.165, 1.54) is 0 Å². The van der Waals surface area contributed by atoms with Gasteiger partial charge >= 0.3 is 0 Å². The van der Waals surface area contributed by atoms with E-state index < -0.39 is 0 Å². The molecule has 140 valence electrons. The summed E-state index contributed by atoms with van der Waals surface area (Å²) in [6, 6.07) is 7.68. The lowest BCUT2D eigenvalue weighted by molar-refractivity contribution is -0.117. The van der Waals surface area contributed by atoms with Crippen LogP contribution in [0.3, 0.4) is 0 Å². The highest BCUT2D eigenvalue weighted by Gasteiger charge is 2.16. The Morgan fingerprint density at radius 3 is 2.62 bits per heavy atom. The van der Waals surface area contributed by atoms with Gasteiger partial charge in [-0.1, -0.05) is 13.0 Å². The maximum Gasteiger partial charge on any atom is 0.263 e. The maximum absolute atomic E-state index is 12.3. The fourth-order valence-corrected chi connectivity index (χ4v) is 2.93. The molecule has 2 rings (SSSR count). The van der Waals surface area contributed by atoms with Gasteiger partial charge in [0.05, 0.1) is 14.2 Å².